The Hall–Kier alpha value is -0.430. The summed E-state index contributed by atoms with van der Waals surface area (Å²) in [5, 5.41) is 5.00. The molecule has 0 radical (unpaired) electrons. The van der Waals surface area contributed by atoms with Crippen LogP contribution in [0.3, 0.4) is 0 Å². The van der Waals surface area contributed by atoms with E-state index in [0.717, 1.165) is 17.7 Å². The van der Waals surface area contributed by atoms with Crippen LogP contribution in [0.5, 0.6) is 0 Å². The third kappa shape index (κ3) is 1.98. The minimum absolute atomic E-state index is 0.0181. The van der Waals surface area contributed by atoms with E-state index in [-0.39, 0.29) is 10.3 Å². The molecule has 78 valence electrons. The van der Waals surface area contributed by atoms with E-state index in [1.807, 2.05) is 0 Å². The van der Waals surface area contributed by atoms with Crippen molar-refractivity contribution >= 4 is 21.4 Å². The Bertz CT molecular complexity index is 434. The van der Waals surface area contributed by atoms with Crippen molar-refractivity contribution in [3.63, 3.8) is 0 Å². The van der Waals surface area contributed by atoms with Gasteiger partial charge in [0.15, 0.2) is 0 Å². The van der Waals surface area contributed by atoms with Crippen molar-refractivity contribution in [1.29, 1.82) is 0 Å². The molecule has 1 aliphatic carbocycles. The Morgan fingerprint density at radius 2 is 2.07 bits per heavy atom. The fraction of sp³-hybridized carbons (Fsp3) is 0.500. The lowest BCUT2D eigenvalue weighted by Crippen LogP contribution is -2.11. The maximum Gasteiger partial charge on any atom is 0.247 e. The minimum Gasteiger partial charge on any atom is -0.323 e. The van der Waals surface area contributed by atoms with Gasteiger partial charge in [-0.05, 0) is 30.9 Å². The maximum atomic E-state index is 11.0. The number of hydrogen-bond donors (Lipinski definition) is 2. The van der Waals surface area contributed by atoms with Gasteiger partial charge in [0.05, 0.1) is 0 Å². The normalized spacial score (nSPS) is 19.6. The zero-order valence-electron chi connectivity index (χ0n) is 7.51. The van der Waals surface area contributed by atoms with E-state index in [1.165, 1.54) is 17.4 Å². The van der Waals surface area contributed by atoms with Gasteiger partial charge in [-0.1, -0.05) is 0 Å². The Morgan fingerprint density at radius 1 is 1.43 bits per heavy atom. The summed E-state index contributed by atoms with van der Waals surface area (Å²) in [7, 11) is -3.56. The van der Waals surface area contributed by atoms with Gasteiger partial charge in [-0.25, -0.2) is 13.6 Å². The quantitative estimate of drug-likeness (QED) is 0.808. The second kappa shape index (κ2) is 3.30. The first-order chi connectivity index (χ1) is 6.48. The van der Waals surface area contributed by atoms with Crippen molar-refractivity contribution in [3.8, 4) is 0 Å². The number of rotatable bonds is 3. The van der Waals surface area contributed by atoms with E-state index in [0.29, 0.717) is 5.92 Å². The van der Waals surface area contributed by atoms with E-state index in [1.54, 1.807) is 6.07 Å². The largest absolute Gasteiger partial charge is 0.323 e. The minimum atomic E-state index is -3.56. The molecule has 1 aromatic rings. The lowest BCUT2D eigenvalue weighted by Gasteiger charge is -2.05. The first-order valence-electron chi connectivity index (χ1n) is 4.36. The van der Waals surface area contributed by atoms with Gasteiger partial charge in [0, 0.05) is 10.9 Å². The molecule has 4 nitrogen and oxygen atoms in total. The summed E-state index contributed by atoms with van der Waals surface area (Å²) >= 11 is 1.18. The van der Waals surface area contributed by atoms with Crippen LogP contribution in [0.15, 0.2) is 16.3 Å². The maximum absolute atomic E-state index is 11.0. The second-order valence-electron chi connectivity index (χ2n) is 3.57. The molecule has 1 aliphatic rings. The molecule has 2 rings (SSSR count). The molecule has 1 unspecified atom stereocenters. The lowest BCUT2D eigenvalue weighted by molar-refractivity contribution is 0.600. The summed E-state index contributed by atoms with van der Waals surface area (Å²) in [5.74, 6) is 0.530. The zero-order chi connectivity index (χ0) is 10.3. The smallest absolute Gasteiger partial charge is 0.247 e. The van der Waals surface area contributed by atoms with Gasteiger partial charge in [-0.15, -0.1) is 11.3 Å². The van der Waals surface area contributed by atoms with Crippen molar-refractivity contribution in [2.75, 3.05) is 0 Å². The summed E-state index contributed by atoms with van der Waals surface area (Å²) in [6.07, 6.45) is 2.29. The van der Waals surface area contributed by atoms with Crippen LogP contribution < -0.4 is 10.9 Å². The molecule has 0 amide bonds. The molecule has 14 heavy (non-hydrogen) atoms. The fourth-order valence-electron chi connectivity index (χ4n) is 1.35. The summed E-state index contributed by atoms with van der Waals surface area (Å²) in [6.45, 7) is 0. The third-order valence-corrected chi connectivity index (χ3v) is 4.97. The van der Waals surface area contributed by atoms with Crippen molar-refractivity contribution in [1.82, 2.24) is 0 Å². The molecule has 6 heteroatoms. The van der Waals surface area contributed by atoms with Crippen LogP contribution in [0.25, 0.3) is 0 Å². The molecule has 0 bridgehead atoms. The molecule has 1 heterocycles. The van der Waals surface area contributed by atoms with Crippen LogP contribution in [0.1, 0.15) is 23.8 Å². The lowest BCUT2D eigenvalue weighted by atomic mass is 10.2. The molecular weight excluding hydrogens is 220 g/mol. The monoisotopic (exact) mass is 232 g/mol. The average Bonchev–Trinajstić information content (AvgIpc) is 2.79. The highest BCUT2D eigenvalue weighted by Gasteiger charge is 2.30. The fourth-order valence-corrected chi connectivity index (χ4v) is 3.20. The highest BCUT2D eigenvalue weighted by molar-refractivity contribution is 7.91. The van der Waals surface area contributed by atoms with Gasteiger partial charge in [-0.2, -0.15) is 0 Å². The van der Waals surface area contributed by atoms with E-state index in [9.17, 15) is 8.42 Å². The van der Waals surface area contributed by atoms with Crippen LogP contribution in [0.4, 0.5) is 0 Å². The molecule has 1 atom stereocenters. The number of nitrogens with two attached hydrogens (primary N) is 2. The standard InChI is InChI=1S/C8H12N2O2S2/c9-8(5-1-2-5)6-3-4-7(13-6)14(10,11)12/h3-5,8H,1-2,9H2,(H2,10,11,12). The van der Waals surface area contributed by atoms with Crippen LogP contribution in [-0.4, -0.2) is 8.42 Å². The van der Waals surface area contributed by atoms with Gasteiger partial charge in [0.1, 0.15) is 4.21 Å². The van der Waals surface area contributed by atoms with E-state index < -0.39 is 10.0 Å². The van der Waals surface area contributed by atoms with E-state index >= 15 is 0 Å². The van der Waals surface area contributed by atoms with Crippen molar-refractivity contribution < 1.29 is 8.42 Å². The van der Waals surface area contributed by atoms with Crippen molar-refractivity contribution in [2.24, 2.45) is 16.8 Å². The highest BCUT2D eigenvalue weighted by atomic mass is 32.2. The van der Waals surface area contributed by atoms with Crippen LogP contribution in [-0.2, 0) is 10.0 Å². The highest BCUT2D eigenvalue weighted by Crippen LogP contribution is 2.41. The van der Waals surface area contributed by atoms with Gasteiger partial charge in [0.2, 0.25) is 10.0 Å². The Balaban J connectivity index is 2.25. The summed E-state index contributed by atoms with van der Waals surface area (Å²) in [4.78, 5) is 0.913. The summed E-state index contributed by atoms with van der Waals surface area (Å²) in [6, 6.07) is 3.26. The first kappa shape index (κ1) is 10.1. The second-order valence-corrected chi connectivity index (χ2v) is 6.47. The molecule has 4 N–H and O–H groups in total. The van der Waals surface area contributed by atoms with Crippen LogP contribution >= 0.6 is 11.3 Å². The van der Waals surface area contributed by atoms with Crippen molar-refractivity contribution in [3.05, 3.63) is 17.0 Å². The molecule has 1 saturated carbocycles. The molecule has 0 aliphatic heterocycles. The number of primary sulfonamides is 1. The molecule has 1 fully saturated rings. The van der Waals surface area contributed by atoms with Gasteiger partial charge in [0.25, 0.3) is 0 Å². The molecular formula is C8H12N2O2S2. The molecule has 1 aromatic heterocycles. The first-order valence-corrected chi connectivity index (χ1v) is 6.73. The van der Waals surface area contributed by atoms with Crippen LogP contribution in [0, 0.1) is 5.92 Å². The molecule has 0 aromatic carbocycles. The Labute approximate surface area is 87.0 Å². The zero-order valence-corrected chi connectivity index (χ0v) is 9.14. The van der Waals surface area contributed by atoms with Gasteiger partial charge >= 0.3 is 0 Å². The van der Waals surface area contributed by atoms with E-state index in [4.69, 9.17) is 10.9 Å². The Kier molecular flexibility index (Phi) is 2.38. The SMILES string of the molecule is NC(c1ccc(S(N)(=O)=O)s1)C1CC1. The Morgan fingerprint density at radius 3 is 2.50 bits per heavy atom. The predicted octanol–water partition coefficient (Wildman–Crippen LogP) is 0.805. The molecule has 0 spiro atoms. The number of hydrogen-bond acceptors (Lipinski definition) is 4. The predicted molar refractivity (Wildman–Crippen MR) is 55.3 cm³/mol. The van der Waals surface area contributed by atoms with Gasteiger partial charge in [-0.3, -0.25) is 0 Å². The third-order valence-electron chi connectivity index (χ3n) is 2.34. The van der Waals surface area contributed by atoms with Crippen molar-refractivity contribution in [2.45, 2.75) is 23.1 Å². The van der Waals surface area contributed by atoms with Gasteiger partial charge < -0.3 is 5.73 Å². The molecule has 0 saturated heterocycles. The number of sulfonamides is 1. The van der Waals surface area contributed by atoms with E-state index in [2.05, 4.69) is 0 Å². The van der Waals surface area contributed by atoms with Crippen LogP contribution in [0.2, 0.25) is 0 Å². The summed E-state index contributed by atoms with van der Waals surface area (Å²) < 4.78 is 22.2. The topological polar surface area (TPSA) is 86.2 Å². The number of thiophene rings is 1. The average molecular weight is 232 g/mol. The summed E-state index contributed by atoms with van der Waals surface area (Å²) in [5.41, 5.74) is 5.93.